The molecule has 56 heavy (non-hydrogen) atoms. The van der Waals surface area contributed by atoms with Crippen molar-refractivity contribution in [3.63, 3.8) is 0 Å². The van der Waals surface area contributed by atoms with Gasteiger partial charge in [0.05, 0.1) is 12.5 Å². The molecule has 1 unspecified atom stereocenters. The highest BCUT2D eigenvalue weighted by Crippen LogP contribution is 2.31. The highest BCUT2D eigenvalue weighted by atomic mass is 32.1. The van der Waals surface area contributed by atoms with E-state index in [1.54, 1.807) is 31.2 Å². The van der Waals surface area contributed by atoms with Gasteiger partial charge in [-0.3, -0.25) is 19.2 Å². The lowest BCUT2D eigenvalue weighted by Gasteiger charge is -2.39. The van der Waals surface area contributed by atoms with Crippen molar-refractivity contribution in [2.75, 3.05) is 46.4 Å². The third kappa shape index (κ3) is 16.5. The third-order valence-electron chi connectivity index (χ3n) is 10.1. The predicted molar refractivity (Wildman–Crippen MR) is 223 cm³/mol. The van der Waals surface area contributed by atoms with Crippen molar-refractivity contribution in [2.24, 2.45) is 17.8 Å². The molecule has 3 amide bonds. The molecule has 0 bridgehead atoms. The average Bonchev–Trinajstić information content (AvgIpc) is 3.67. The predicted octanol–water partition coefficient (Wildman–Crippen LogP) is 6.28. The molecule has 0 aliphatic heterocycles. The van der Waals surface area contributed by atoms with Crippen molar-refractivity contribution in [1.29, 1.82) is 0 Å². The van der Waals surface area contributed by atoms with Crippen LogP contribution in [0.2, 0.25) is 0 Å². The largest absolute Gasteiger partial charge is 0.466 e. The summed E-state index contributed by atoms with van der Waals surface area (Å²) in [5.41, 5.74) is 7.74. The summed E-state index contributed by atoms with van der Waals surface area (Å²) in [7, 11) is 3.51. The summed E-state index contributed by atoms with van der Waals surface area (Å²) in [4.78, 5) is 60.3. The summed E-state index contributed by atoms with van der Waals surface area (Å²) in [6.07, 6.45) is 5.27. The molecule has 5 N–H and O–H groups in total. The van der Waals surface area contributed by atoms with Gasteiger partial charge >= 0.3 is 5.97 Å². The van der Waals surface area contributed by atoms with E-state index in [1.165, 1.54) is 11.3 Å². The van der Waals surface area contributed by atoms with Crippen LogP contribution in [0.15, 0.2) is 29.6 Å². The Bertz CT molecular complexity index is 1460. The number of hydrogen-bond acceptors (Lipinski definition) is 11. The molecule has 1 aromatic heterocycles. The number of amides is 3. The van der Waals surface area contributed by atoms with E-state index in [-0.39, 0.29) is 66.6 Å². The molecule has 0 radical (unpaired) electrons. The number of aromatic nitrogens is 1. The van der Waals surface area contributed by atoms with Gasteiger partial charge in [-0.05, 0) is 82.2 Å². The summed E-state index contributed by atoms with van der Waals surface area (Å²) < 4.78 is 17.3. The molecule has 0 aliphatic carbocycles. The van der Waals surface area contributed by atoms with E-state index in [4.69, 9.17) is 24.9 Å². The summed E-state index contributed by atoms with van der Waals surface area (Å²) in [5, 5.41) is 11.6. The van der Waals surface area contributed by atoms with Gasteiger partial charge in [0.25, 0.3) is 5.91 Å². The Morgan fingerprint density at radius 3 is 2.29 bits per heavy atom. The zero-order chi connectivity index (χ0) is 41.6. The first-order valence-corrected chi connectivity index (χ1v) is 21.3. The number of hydrogen-bond donors (Lipinski definition) is 4. The van der Waals surface area contributed by atoms with Crippen molar-refractivity contribution in [3.8, 4) is 0 Å². The molecular weight excluding hydrogens is 733 g/mol. The summed E-state index contributed by atoms with van der Waals surface area (Å²) in [6, 6.07) is 6.03. The highest BCUT2D eigenvalue weighted by Gasteiger charge is 2.37. The van der Waals surface area contributed by atoms with Gasteiger partial charge in [-0.15, -0.1) is 11.3 Å². The van der Waals surface area contributed by atoms with Gasteiger partial charge in [0.2, 0.25) is 11.8 Å². The van der Waals surface area contributed by atoms with E-state index in [1.807, 2.05) is 52.1 Å². The average molecular weight is 803 g/mol. The molecule has 0 spiro atoms. The van der Waals surface area contributed by atoms with Crippen LogP contribution in [0.3, 0.4) is 0 Å². The van der Waals surface area contributed by atoms with Crippen molar-refractivity contribution in [3.05, 3.63) is 45.9 Å². The van der Waals surface area contributed by atoms with E-state index in [0.29, 0.717) is 49.4 Å². The number of esters is 1. The van der Waals surface area contributed by atoms with Crippen LogP contribution >= 0.6 is 11.3 Å². The number of unbranched alkanes of at least 4 members (excludes halogenated alkanes) is 2. The zero-order valence-electron chi connectivity index (χ0n) is 35.4. The molecule has 1 heterocycles. The topological polar surface area (TPSA) is 174 Å². The van der Waals surface area contributed by atoms with Crippen LogP contribution in [0.25, 0.3) is 0 Å². The number of anilines is 1. The number of nitrogens with one attached hydrogen (secondary N) is 3. The van der Waals surface area contributed by atoms with Crippen LogP contribution < -0.4 is 21.7 Å². The minimum absolute atomic E-state index is 0.000463. The number of benzene rings is 1. The summed E-state index contributed by atoms with van der Waals surface area (Å²) in [5.74, 6) is -1.52. The SMILES string of the molecule is CCCOCN(C(=O)[C@@H](NC(=O)CCCCCNC)[C@@H](C)CC)[C@H](C[C@@H](OC)c1nc(C(=O)N[C@@H](Cc2ccc(N)cc2)CC(C)C(=O)OCC)cs1)C(C)C. The van der Waals surface area contributed by atoms with Gasteiger partial charge < -0.3 is 40.8 Å². The second-order valence-electron chi connectivity index (χ2n) is 15.0. The maximum absolute atomic E-state index is 14.5. The summed E-state index contributed by atoms with van der Waals surface area (Å²) in [6.45, 7) is 15.4. The van der Waals surface area contributed by atoms with E-state index in [2.05, 4.69) is 29.8 Å². The molecule has 0 fully saturated rings. The van der Waals surface area contributed by atoms with Gasteiger partial charge in [0.1, 0.15) is 29.6 Å². The fourth-order valence-corrected chi connectivity index (χ4v) is 7.40. The molecule has 0 aliphatic rings. The molecule has 0 saturated heterocycles. The maximum Gasteiger partial charge on any atom is 0.308 e. The highest BCUT2D eigenvalue weighted by molar-refractivity contribution is 7.09. The Balaban J connectivity index is 2.32. The Morgan fingerprint density at radius 1 is 0.964 bits per heavy atom. The Morgan fingerprint density at radius 2 is 1.68 bits per heavy atom. The minimum Gasteiger partial charge on any atom is -0.466 e. The van der Waals surface area contributed by atoms with Crippen LogP contribution in [0.5, 0.6) is 0 Å². The molecule has 2 aromatic rings. The number of methoxy groups -OCH3 is 1. The van der Waals surface area contributed by atoms with Gasteiger partial charge in [0.15, 0.2) is 0 Å². The van der Waals surface area contributed by atoms with Gasteiger partial charge in [-0.2, -0.15) is 0 Å². The fraction of sp³-hybridized carbons (Fsp3) is 0.690. The van der Waals surface area contributed by atoms with Crippen LogP contribution in [0.4, 0.5) is 5.69 Å². The Labute approximate surface area is 339 Å². The smallest absolute Gasteiger partial charge is 0.308 e. The first kappa shape index (κ1) is 48.6. The number of carbonyl (C=O) groups is 4. The lowest BCUT2D eigenvalue weighted by molar-refractivity contribution is -0.149. The first-order valence-electron chi connectivity index (χ1n) is 20.4. The van der Waals surface area contributed by atoms with E-state index >= 15 is 0 Å². The number of rotatable bonds is 28. The van der Waals surface area contributed by atoms with Crippen molar-refractivity contribution in [2.45, 2.75) is 130 Å². The lowest BCUT2D eigenvalue weighted by atomic mass is 9.92. The van der Waals surface area contributed by atoms with Gasteiger partial charge in [-0.1, -0.05) is 66.5 Å². The monoisotopic (exact) mass is 803 g/mol. The molecule has 0 saturated carbocycles. The lowest BCUT2D eigenvalue weighted by Crippen LogP contribution is -2.56. The molecule has 6 atom stereocenters. The third-order valence-corrected chi connectivity index (χ3v) is 11.0. The zero-order valence-corrected chi connectivity index (χ0v) is 36.2. The van der Waals surface area contributed by atoms with E-state index in [0.717, 1.165) is 37.8 Å². The van der Waals surface area contributed by atoms with Crippen LogP contribution in [0, 0.1) is 17.8 Å². The van der Waals surface area contributed by atoms with Crippen LogP contribution in [-0.4, -0.2) is 92.3 Å². The molecule has 1 aromatic carbocycles. The molecule has 2 rings (SSSR count). The number of thiazole rings is 1. The van der Waals surface area contributed by atoms with Gasteiger partial charge in [0, 0.05) is 49.7 Å². The second-order valence-corrected chi connectivity index (χ2v) is 15.9. The van der Waals surface area contributed by atoms with E-state index < -0.39 is 18.1 Å². The number of nitrogen functional groups attached to an aromatic ring is 1. The standard InChI is InChI=1S/C42H70N6O7S/c1-10-22-54-27-48(41(51)38(29(6)11-2)47-37(49)16-14-13-15-21-44-8)35(28(4)5)25-36(53-9)40-46-34(26-56-40)39(50)45-33(23-30(7)42(52)55-12-3)24-31-17-19-32(43)20-18-31/h17-20,26,28-30,33,35-36,38,44H,10-16,21-25,27,43H2,1-9H3,(H,45,50)(H,47,49)/t29-,30?,33+,35+,36+,38-/m0/s1. The Kier molecular flexibility index (Phi) is 22.9. The maximum atomic E-state index is 14.5. The molecular formula is C42H70N6O7S. The minimum atomic E-state index is -0.708. The molecule has 14 heteroatoms. The van der Waals surface area contributed by atoms with Crippen LogP contribution in [-0.2, 0) is 35.0 Å². The van der Waals surface area contributed by atoms with Crippen molar-refractivity contribution < 1.29 is 33.4 Å². The molecule has 316 valence electrons. The van der Waals surface area contributed by atoms with Crippen molar-refractivity contribution >= 4 is 40.7 Å². The quantitative estimate of drug-likeness (QED) is 0.0332. The summed E-state index contributed by atoms with van der Waals surface area (Å²) >= 11 is 1.32. The number of nitrogens with two attached hydrogens (primary N) is 1. The number of nitrogens with zero attached hydrogens (tertiary/aromatic N) is 2. The number of carbonyl (C=O) groups excluding carboxylic acids is 4. The molecule has 13 nitrogen and oxygen atoms in total. The fourth-order valence-electron chi connectivity index (χ4n) is 6.52. The first-order chi connectivity index (χ1) is 26.8. The van der Waals surface area contributed by atoms with Crippen molar-refractivity contribution in [1.82, 2.24) is 25.8 Å². The van der Waals surface area contributed by atoms with Crippen LogP contribution in [0.1, 0.15) is 127 Å². The van der Waals surface area contributed by atoms with E-state index in [9.17, 15) is 19.2 Å². The second kappa shape index (κ2) is 26.4. The van der Waals surface area contributed by atoms with Gasteiger partial charge in [-0.25, -0.2) is 4.98 Å². The normalized spacial score (nSPS) is 14.7. The Hall–Kier alpha value is -3.59. The number of ether oxygens (including phenoxy) is 3.